The number of nitrogens with one attached hydrogen (secondary N) is 2. The highest BCUT2D eigenvalue weighted by atomic mass is 19.4. The summed E-state index contributed by atoms with van der Waals surface area (Å²) in [6.07, 6.45) is -0.984. The van der Waals surface area contributed by atoms with Gasteiger partial charge in [0.2, 0.25) is 0 Å². The highest BCUT2D eigenvalue weighted by molar-refractivity contribution is 6.07. The Morgan fingerprint density at radius 2 is 1.56 bits per heavy atom. The molecule has 0 bridgehead atoms. The minimum atomic E-state index is -4.54. The van der Waals surface area contributed by atoms with Crippen LogP contribution in [0, 0.1) is 0 Å². The Morgan fingerprint density at radius 1 is 0.889 bits per heavy atom. The highest BCUT2D eigenvalue weighted by Crippen LogP contribution is 2.30. The molecule has 3 aromatic carbocycles. The van der Waals surface area contributed by atoms with Crippen LogP contribution in [0.5, 0.6) is 5.75 Å². The van der Waals surface area contributed by atoms with Crippen LogP contribution in [-0.4, -0.2) is 28.7 Å². The number of nitrogens with zero attached hydrogens (tertiary/aromatic N) is 2. The van der Waals surface area contributed by atoms with E-state index in [0.29, 0.717) is 22.7 Å². The Balaban J connectivity index is 1.43. The van der Waals surface area contributed by atoms with E-state index in [1.54, 1.807) is 41.2 Å². The predicted octanol–water partition coefficient (Wildman–Crippen LogP) is 5.62. The van der Waals surface area contributed by atoms with Crippen molar-refractivity contribution >= 4 is 23.2 Å². The van der Waals surface area contributed by atoms with E-state index in [1.165, 1.54) is 31.4 Å². The molecule has 36 heavy (non-hydrogen) atoms. The van der Waals surface area contributed by atoms with Crippen molar-refractivity contribution < 1.29 is 27.5 Å². The number of carbonyl (C=O) groups is 2. The van der Waals surface area contributed by atoms with Crippen molar-refractivity contribution in [3.8, 4) is 16.9 Å². The third-order valence-corrected chi connectivity index (χ3v) is 5.34. The molecule has 2 amide bonds. The van der Waals surface area contributed by atoms with Crippen molar-refractivity contribution in [2.45, 2.75) is 6.18 Å². The molecule has 0 saturated carbocycles. The van der Waals surface area contributed by atoms with Gasteiger partial charge in [-0.05, 0) is 60.2 Å². The van der Waals surface area contributed by atoms with E-state index in [1.807, 2.05) is 13.2 Å². The largest absolute Gasteiger partial charge is 0.496 e. The third-order valence-electron chi connectivity index (χ3n) is 5.34. The monoisotopic (exact) mass is 494 g/mol. The first kappa shape index (κ1) is 24.5. The van der Waals surface area contributed by atoms with Gasteiger partial charge in [-0.25, -0.2) is 0 Å². The number of carbonyl (C=O) groups excluding carboxylic acids is 2. The van der Waals surface area contributed by atoms with Gasteiger partial charge in [0.05, 0.1) is 24.4 Å². The van der Waals surface area contributed by atoms with Crippen molar-refractivity contribution in [1.82, 2.24) is 9.78 Å². The van der Waals surface area contributed by atoms with Crippen molar-refractivity contribution in [1.29, 1.82) is 0 Å². The molecule has 7 nitrogen and oxygen atoms in total. The Kier molecular flexibility index (Phi) is 6.77. The Labute approximate surface area is 204 Å². The summed E-state index contributed by atoms with van der Waals surface area (Å²) in [4.78, 5) is 25.2. The normalized spacial score (nSPS) is 11.1. The molecule has 2 N–H and O–H groups in total. The van der Waals surface area contributed by atoms with Crippen LogP contribution >= 0.6 is 0 Å². The van der Waals surface area contributed by atoms with Gasteiger partial charge in [0.1, 0.15) is 5.75 Å². The van der Waals surface area contributed by atoms with Crippen molar-refractivity contribution in [2.75, 3.05) is 17.7 Å². The number of alkyl halides is 3. The van der Waals surface area contributed by atoms with Crippen molar-refractivity contribution in [2.24, 2.45) is 7.05 Å². The second-order valence-electron chi connectivity index (χ2n) is 7.88. The van der Waals surface area contributed by atoms with E-state index in [9.17, 15) is 22.8 Å². The number of anilines is 2. The zero-order valence-corrected chi connectivity index (χ0v) is 19.3. The minimum Gasteiger partial charge on any atom is -0.496 e. The van der Waals surface area contributed by atoms with Gasteiger partial charge >= 0.3 is 6.18 Å². The molecular formula is C26H21F3N4O3. The second-order valence-corrected chi connectivity index (χ2v) is 7.88. The minimum absolute atomic E-state index is 0.121. The first-order chi connectivity index (χ1) is 17.1. The molecule has 0 fully saturated rings. The summed E-state index contributed by atoms with van der Waals surface area (Å²) in [6, 6.07) is 15.5. The van der Waals surface area contributed by atoms with Crippen molar-refractivity contribution in [3.63, 3.8) is 0 Å². The molecule has 10 heteroatoms. The molecule has 0 aliphatic heterocycles. The standard InChI is InChI=1S/C26H21F3N4O3/c1-33-15-18(14-30-33)16-6-11-22(23(13-16)36-2)25(35)32-21-9-7-20(8-10-21)31-24(34)17-4-3-5-19(12-17)26(27,28)29/h3-15H,1-2H3,(H,31,34)(H,32,35). The number of benzene rings is 3. The number of rotatable bonds is 6. The number of amides is 2. The predicted molar refractivity (Wildman–Crippen MR) is 129 cm³/mol. The maximum Gasteiger partial charge on any atom is 0.416 e. The van der Waals surface area contributed by atoms with Crippen molar-refractivity contribution in [3.05, 3.63) is 95.8 Å². The molecule has 0 unspecified atom stereocenters. The van der Waals surface area contributed by atoms with Crippen LogP contribution in [0.3, 0.4) is 0 Å². The van der Waals surface area contributed by atoms with Crippen LogP contribution in [-0.2, 0) is 13.2 Å². The fraction of sp³-hybridized carbons (Fsp3) is 0.115. The van der Waals surface area contributed by atoms with E-state index in [-0.39, 0.29) is 5.56 Å². The summed E-state index contributed by atoms with van der Waals surface area (Å²) in [5.41, 5.74) is 1.83. The fourth-order valence-corrected chi connectivity index (χ4v) is 3.50. The van der Waals surface area contributed by atoms with Crippen LogP contribution in [0.25, 0.3) is 11.1 Å². The van der Waals surface area contributed by atoms with Gasteiger partial charge in [0.25, 0.3) is 11.8 Å². The van der Waals surface area contributed by atoms with Gasteiger partial charge in [-0.2, -0.15) is 18.3 Å². The molecule has 0 aliphatic carbocycles. The molecule has 4 aromatic rings. The number of hydrogen-bond acceptors (Lipinski definition) is 4. The van der Waals surface area contributed by atoms with Gasteiger partial charge < -0.3 is 15.4 Å². The van der Waals surface area contributed by atoms with Crippen LogP contribution in [0.4, 0.5) is 24.5 Å². The molecule has 0 aliphatic rings. The van der Waals surface area contributed by atoms with Crippen LogP contribution in [0.1, 0.15) is 26.3 Å². The fourth-order valence-electron chi connectivity index (χ4n) is 3.50. The lowest BCUT2D eigenvalue weighted by Gasteiger charge is -2.12. The number of hydrogen-bond donors (Lipinski definition) is 2. The first-order valence-electron chi connectivity index (χ1n) is 10.7. The number of ether oxygens (including phenoxy) is 1. The molecule has 0 radical (unpaired) electrons. The number of methoxy groups -OCH3 is 1. The molecule has 1 aromatic heterocycles. The van der Waals surface area contributed by atoms with Crippen LogP contribution in [0.15, 0.2) is 79.1 Å². The van der Waals surface area contributed by atoms with E-state index < -0.39 is 23.6 Å². The molecule has 1 heterocycles. The lowest BCUT2D eigenvalue weighted by atomic mass is 10.1. The Hall–Kier alpha value is -4.60. The summed E-state index contributed by atoms with van der Waals surface area (Å²) < 4.78 is 45.8. The van der Waals surface area contributed by atoms with Gasteiger partial charge in [0.15, 0.2) is 0 Å². The van der Waals surface area contributed by atoms with Gasteiger partial charge in [-0.15, -0.1) is 0 Å². The summed E-state index contributed by atoms with van der Waals surface area (Å²) >= 11 is 0. The first-order valence-corrected chi connectivity index (χ1v) is 10.7. The maximum atomic E-state index is 12.9. The quantitative estimate of drug-likeness (QED) is 0.364. The molecule has 0 atom stereocenters. The number of halogens is 3. The van der Waals surface area contributed by atoms with Gasteiger partial charge in [0, 0.05) is 35.7 Å². The topological polar surface area (TPSA) is 85.2 Å². The summed E-state index contributed by atoms with van der Waals surface area (Å²) in [5.74, 6) is -0.694. The molecule has 0 spiro atoms. The second kappa shape index (κ2) is 9.95. The third kappa shape index (κ3) is 5.54. The molecular weight excluding hydrogens is 473 g/mol. The summed E-state index contributed by atoms with van der Waals surface area (Å²) in [6.45, 7) is 0. The van der Waals surface area contributed by atoms with Gasteiger partial charge in [-0.3, -0.25) is 14.3 Å². The lowest BCUT2D eigenvalue weighted by molar-refractivity contribution is -0.137. The Morgan fingerprint density at radius 3 is 2.14 bits per heavy atom. The average Bonchev–Trinajstić information content (AvgIpc) is 3.30. The van der Waals surface area contributed by atoms with E-state index >= 15 is 0 Å². The summed E-state index contributed by atoms with van der Waals surface area (Å²) in [5, 5.41) is 9.45. The zero-order chi connectivity index (χ0) is 25.9. The van der Waals surface area contributed by atoms with E-state index in [2.05, 4.69) is 15.7 Å². The van der Waals surface area contributed by atoms with Crippen LogP contribution < -0.4 is 15.4 Å². The van der Waals surface area contributed by atoms with E-state index in [0.717, 1.165) is 23.3 Å². The molecule has 0 saturated heterocycles. The number of aromatic nitrogens is 2. The Bertz CT molecular complexity index is 1410. The smallest absolute Gasteiger partial charge is 0.416 e. The van der Waals surface area contributed by atoms with Gasteiger partial charge in [-0.1, -0.05) is 12.1 Å². The lowest BCUT2D eigenvalue weighted by Crippen LogP contribution is -2.15. The SMILES string of the molecule is COc1cc(-c2cnn(C)c2)ccc1C(=O)Nc1ccc(NC(=O)c2cccc(C(F)(F)F)c2)cc1. The average molecular weight is 494 g/mol. The molecule has 4 rings (SSSR count). The van der Waals surface area contributed by atoms with E-state index in [4.69, 9.17) is 4.74 Å². The highest BCUT2D eigenvalue weighted by Gasteiger charge is 2.30. The number of aryl methyl sites for hydroxylation is 1. The zero-order valence-electron chi connectivity index (χ0n) is 19.3. The molecule has 184 valence electrons. The maximum absolute atomic E-state index is 12.9. The summed E-state index contributed by atoms with van der Waals surface area (Å²) in [7, 11) is 3.28. The van der Waals surface area contributed by atoms with Crippen LogP contribution in [0.2, 0.25) is 0 Å².